The van der Waals surface area contributed by atoms with E-state index in [0.717, 1.165) is 6.07 Å². The monoisotopic (exact) mass is 254 g/mol. The van der Waals surface area contributed by atoms with Crippen LogP contribution in [0.1, 0.15) is 16.2 Å². The number of nitrogens with one attached hydrogen (secondary N) is 2. The number of halogens is 2. The van der Waals surface area contributed by atoms with Crippen LogP contribution >= 0.6 is 11.6 Å². The third-order valence-corrected chi connectivity index (χ3v) is 2.37. The summed E-state index contributed by atoms with van der Waals surface area (Å²) in [6, 6.07) is 3.86. The number of aromatic nitrogens is 3. The third-order valence-electron chi connectivity index (χ3n) is 2.06. The second-order valence-electron chi connectivity index (χ2n) is 3.24. The fourth-order valence-electron chi connectivity index (χ4n) is 1.22. The molecule has 2 rings (SSSR count). The number of hydrogen-bond donors (Lipinski definition) is 2. The molecule has 0 fully saturated rings. The predicted octanol–water partition coefficient (Wildman–Crippen LogP) is 1.53. The van der Waals surface area contributed by atoms with Gasteiger partial charge in [-0.2, -0.15) is 5.10 Å². The van der Waals surface area contributed by atoms with Gasteiger partial charge in [-0.1, -0.05) is 11.6 Å². The number of nitrogens with zero attached hydrogens (tertiary/aromatic N) is 2. The smallest absolute Gasteiger partial charge is 0.251 e. The molecule has 0 bridgehead atoms. The molecular formula is C10H8ClFN4O. The Kier molecular flexibility index (Phi) is 3.34. The van der Waals surface area contributed by atoms with Crippen LogP contribution in [0.25, 0.3) is 0 Å². The molecule has 2 N–H and O–H groups in total. The fraction of sp³-hybridized carbons (Fsp3) is 0.100. The summed E-state index contributed by atoms with van der Waals surface area (Å²) in [4.78, 5) is 15.5. The fourth-order valence-corrected chi connectivity index (χ4v) is 1.34. The van der Waals surface area contributed by atoms with Crippen molar-refractivity contribution in [2.24, 2.45) is 0 Å². The Morgan fingerprint density at radius 2 is 2.35 bits per heavy atom. The van der Waals surface area contributed by atoms with Crippen molar-refractivity contribution in [2.75, 3.05) is 0 Å². The number of amides is 1. The van der Waals surface area contributed by atoms with E-state index in [1.807, 2.05) is 0 Å². The lowest BCUT2D eigenvalue weighted by molar-refractivity contribution is 0.0949. The molecule has 0 radical (unpaired) electrons. The van der Waals surface area contributed by atoms with E-state index in [1.54, 1.807) is 0 Å². The summed E-state index contributed by atoms with van der Waals surface area (Å²) in [6.45, 7) is 0.197. The van der Waals surface area contributed by atoms with Crippen molar-refractivity contribution in [3.8, 4) is 0 Å². The zero-order valence-corrected chi connectivity index (χ0v) is 9.33. The number of carbonyl (C=O) groups excluding carboxylic acids is 1. The van der Waals surface area contributed by atoms with Gasteiger partial charge in [0.25, 0.3) is 5.91 Å². The average Bonchev–Trinajstić information content (AvgIpc) is 2.82. The van der Waals surface area contributed by atoms with Crippen LogP contribution in [0.2, 0.25) is 5.02 Å². The highest BCUT2D eigenvalue weighted by atomic mass is 35.5. The molecule has 0 unspecified atom stereocenters. The number of hydrogen-bond acceptors (Lipinski definition) is 3. The standard InChI is InChI=1S/C10H8ClFN4O/c11-7-2-1-6(3-8(7)12)10(17)13-4-9-14-5-15-16-9/h1-3,5H,4H2,(H,13,17)(H,14,15,16). The van der Waals surface area contributed by atoms with Crippen molar-refractivity contribution in [3.05, 3.63) is 46.8 Å². The van der Waals surface area contributed by atoms with Crippen molar-refractivity contribution >= 4 is 17.5 Å². The Morgan fingerprint density at radius 1 is 1.53 bits per heavy atom. The van der Waals surface area contributed by atoms with E-state index in [9.17, 15) is 9.18 Å². The molecule has 5 nitrogen and oxygen atoms in total. The molecule has 0 aliphatic carbocycles. The van der Waals surface area contributed by atoms with Crippen LogP contribution in [0.15, 0.2) is 24.5 Å². The molecule has 17 heavy (non-hydrogen) atoms. The van der Waals surface area contributed by atoms with Crippen LogP contribution in [0.4, 0.5) is 4.39 Å². The van der Waals surface area contributed by atoms with Gasteiger partial charge in [-0.15, -0.1) is 0 Å². The first-order valence-electron chi connectivity index (χ1n) is 4.74. The van der Waals surface area contributed by atoms with Crippen molar-refractivity contribution in [2.45, 2.75) is 6.54 Å². The first kappa shape index (κ1) is 11.5. The number of H-pyrrole nitrogens is 1. The molecule has 1 aromatic carbocycles. The molecule has 1 heterocycles. The summed E-state index contributed by atoms with van der Waals surface area (Å²) in [5.74, 6) is -0.510. The van der Waals surface area contributed by atoms with Crippen LogP contribution in [0.3, 0.4) is 0 Å². The van der Waals surface area contributed by atoms with Gasteiger partial charge in [0, 0.05) is 5.56 Å². The molecule has 88 valence electrons. The topological polar surface area (TPSA) is 70.7 Å². The largest absolute Gasteiger partial charge is 0.345 e. The highest BCUT2D eigenvalue weighted by Gasteiger charge is 2.08. The average molecular weight is 255 g/mol. The van der Waals surface area contributed by atoms with Gasteiger partial charge >= 0.3 is 0 Å². The van der Waals surface area contributed by atoms with Gasteiger partial charge in [-0.3, -0.25) is 9.89 Å². The summed E-state index contributed by atoms with van der Waals surface area (Å²) >= 11 is 5.51. The van der Waals surface area contributed by atoms with Crippen LogP contribution in [0, 0.1) is 5.82 Å². The van der Waals surface area contributed by atoms with Crippen LogP contribution in [-0.4, -0.2) is 21.1 Å². The number of aromatic amines is 1. The van der Waals surface area contributed by atoms with Gasteiger partial charge in [0.2, 0.25) is 0 Å². The summed E-state index contributed by atoms with van der Waals surface area (Å²) < 4.78 is 13.1. The molecule has 0 atom stereocenters. The number of benzene rings is 1. The third kappa shape index (κ3) is 2.79. The molecular weight excluding hydrogens is 247 g/mol. The van der Waals surface area contributed by atoms with E-state index in [2.05, 4.69) is 20.5 Å². The normalized spacial score (nSPS) is 10.2. The molecule has 0 saturated heterocycles. The molecule has 2 aromatic rings. The van der Waals surface area contributed by atoms with Gasteiger partial charge in [-0.05, 0) is 18.2 Å². The number of carbonyl (C=O) groups is 1. The zero-order chi connectivity index (χ0) is 12.3. The first-order chi connectivity index (χ1) is 8.16. The molecule has 0 saturated carbocycles. The summed E-state index contributed by atoms with van der Waals surface area (Å²) in [7, 11) is 0. The summed E-state index contributed by atoms with van der Waals surface area (Å²) in [6.07, 6.45) is 1.34. The minimum absolute atomic E-state index is 0.0169. The zero-order valence-electron chi connectivity index (χ0n) is 8.58. The van der Waals surface area contributed by atoms with Crippen LogP contribution in [0.5, 0.6) is 0 Å². The van der Waals surface area contributed by atoms with Gasteiger partial charge in [-0.25, -0.2) is 9.37 Å². The maximum absolute atomic E-state index is 13.1. The van der Waals surface area contributed by atoms with E-state index in [1.165, 1.54) is 18.5 Å². The van der Waals surface area contributed by atoms with E-state index in [4.69, 9.17) is 11.6 Å². The van der Waals surface area contributed by atoms with Crippen molar-refractivity contribution in [1.82, 2.24) is 20.5 Å². The molecule has 1 aromatic heterocycles. The van der Waals surface area contributed by atoms with Gasteiger partial charge in [0.05, 0.1) is 11.6 Å². The van der Waals surface area contributed by atoms with Crippen LogP contribution in [-0.2, 0) is 6.54 Å². The van der Waals surface area contributed by atoms with Gasteiger partial charge in [0.1, 0.15) is 18.0 Å². The lowest BCUT2D eigenvalue weighted by Crippen LogP contribution is -2.23. The minimum atomic E-state index is -0.626. The summed E-state index contributed by atoms with van der Waals surface area (Å²) in [5, 5.41) is 8.78. The SMILES string of the molecule is O=C(NCc1ncn[nH]1)c1ccc(Cl)c(F)c1. The number of rotatable bonds is 3. The van der Waals surface area contributed by atoms with Gasteiger partial charge < -0.3 is 5.32 Å². The molecule has 7 heteroatoms. The van der Waals surface area contributed by atoms with Gasteiger partial charge in [0.15, 0.2) is 0 Å². The highest BCUT2D eigenvalue weighted by Crippen LogP contribution is 2.15. The second kappa shape index (κ2) is 4.92. The van der Waals surface area contributed by atoms with Crippen LogP contribution < -0.4 is 5.32 Å². The Bertz CT molecular complexity index is 529. The van der Waals surface area contributed by atoms with Crippen molar-refractivity contribution < 1.29 is 9.18 Å². The van der Waals surface area contributed by atoms with E-state index in [0.29, 0.717) is 5.82 Å². The first-order valence-corrected chi connectivity index (χ1v) is 5.12. The van der Waals surface area contributed by atoms with E-state index >= 15 is 0 Å². The minimum Gasteiger partial charge on any atom is -0.345 e. The van der Waals surface area contributed by atoms with E-state index < -0.39 is 11.7 Å². The Morgan fingerprint density at radius 3 is 3.00 bits per heavy atom. The molecule has 1 amide bonds. The molecule has 0 aliphatic heterocycles. The van der Waals surface area contributed by atoms with Crippen molar-refractivity contribution in [3.63, 3.8) is 0 Å². The maximum atomic E-state index is 13.1. The van der Waals surface area contributed by atoms with Crippen molar-refractivity contribution in [1.29, 1.82) is 0 Å². The lowest BCUT2D eigenvalue weighted by atomic mass is 10.2. The second-order valence-corrected chi connectivity index (χ2v) is 3.65. The highest BCUT2D eigenvalue weighted by molar-refractivity contribution is 6.30. The summed E-state index contributed by atoms with van der Waals surface area (Å²) in [5.41, 5.74) is 0.200. The molecule has 0 aliphatic rings. The Hall–Kier alpha value is -1.95. The Labute approximate surface area is 101 Å². The quantitative estimate of drug-likeness (QED) is 0.873. The molecule has 0 spiro atoms. The lowest BCUT2D eigenvalue weighted by Gasteiger charge is -2.03. The predicted molar refractivity (Wildman–Crippen MR) is 59.0 cm³/mol. The Balaban J connectivity index is 2.02. The maximum Gasteiger partial charge on any atom is 0.251 e. The van der Waals surface area contributed by atoms with E-state index in [-0.39, 0.29) is 17.1 Å².